The zero-order chi connectivity index (χ0) is 16.2. The molecule has 6 heteroatoms. The van der Waals surface area contributed by atoms with Gasteiger partial charge in [-0.2, -0.15) is 13.2 Å². The minimum atomic E-state index is -4.36. The number of benzene rings is 2. The molecule has 2 rings (SSSR count). The van der Waals surface area contributed by atoms with E-state index in [-0.39, 0.29) is 12.2 Å². The number of para-hydroxylation sites is 1. The highest BCUT2D eigenvalue weighted by Gasteiger charge is 2.29. The lowest BCUT2D eigenvalue weighted by atomic mass is 10.1. The summed E-state index contributed by atoms with van der Waals surface area (Å²) in [6.45, 7) is 0.0478. The standard InChI is InChI=1S/C16H13F3O3/c1-21-15(20)13-4-2-3-5-14(13)22-10-11-6-8-12(9-7-11)16(17,18)19/h2-9H,10H2,1H3. The number of esters is 1. The van der Waals surface area contributed by atoms with Gasteiger partial charge in [-0.05, 0) is 29.8 Å². The van der Waals surface area contributed by atoms with Crippen molar-refractivity contribution >= 4 is 5.97 Å². The van der Waals surface area contributed by atoms with Crippen LogP contribution in [-0.2, 0) is 17.5 Å². The molecule has 0 fully saturated rings. The van der Waals surface area contributed by atoms with Crippen LogP contribution in [0, 0.1) is 0 Å². The molecule has 0 aliphatic carbocycles. The lowest BCUT2D eigenvalue weighted by Gasteiger charge is -2.11. The zero-order valence-corrected chi connectivity index (χ0v) is 11.7. The molecule has 2 aromatic carbocycles. The molecule has 0 heterocycles. The first-order chi connectivity index (χ1) is 10.4. The Bertz CT molecular complexity index is 648. The van der Waals surface area contributed by atoms with Gasteiger partial charge in [0, 0.05) is 0 Å². The first kappa shape index (κ1) is 15.9. The van der Waals surface area contributed by atoms with E-state index in [1.165, 1.54) is 19.2 Å². The number of carbonyl (C=O) groups is 1. The molecule has 0 bridgehead atoms. The van der Waals surface area contributed by atoms with Crippen molar-refractivity contribution in [2.45, 2.75) is 12.8 Å². The van der Waals surface area contributed by atoms with Gasteiger partial charge in [-0.3, -0.25) is 0 Å². The Morgan fingerprint density at radius 3 is 2.27 bits per heavy atom. The first-order valence-corrected chi connectivity index (χ1v) is 6.38. The quantitative estimate of drug-likeness (QED) is 0.799. The van der Waals surface area contributed by atoms with E-state index in [4.69, 9.17) is 4.74 Å². The van der Waals surface area contributed by atoms with E-state index in [1.54, 1.807) is 24.3 Å². The summed E-state index contributed by atoms with van der Waals surface area (Å²) in [6, 6.07) is 11.2. The molecule has 3 nitrogen and oxygen atoms in total. The molecule has 0 amide bonds. The van der Waals surface area contributed by atoms with E-state index in [2.05, 4.69) is 4.74 Å². The maximum Gasteiger partial charge on any atom is 0.416 e. The van der Waals surface area contributed by atoms with Crippen LogP contribution in [0.15, 0.2) is 48.5 Å². The highest BCUT2D eigenvalue weighted by molar-refractivity contribution is 5.92. The van der Waals surface area contributed by atoms with Gasteiger partial charge in [0.15, 0.2) is 0 Å². The summed E-state index contributed by atoms with van der Waals surface area (Å²) in [6.07, 6.45) is -4.36. The van der Waals surface area contributed by atoms with Crippen LogP contribution in [0.3, 0.4) is 0 Å². The molecule has 116 valence electrons. The Morgan fingerprint density at radius 1 is 1.05 bits per heavy atom. The average Bonchev–Trinajstić information content (AvgIpc) is 2.52. The van der Waals surface area contributed by atoms with Gasteiger partial charge < -0.3 is 9.47 Å². The molecule has 0 aliphatic heterocycles. The lowest BCUT2D eigenvalue weighted by Crippen LogP contribution is -2.07. The highest BCUT2D eigenvalue weighted by atomic mass is 19.4. The predicted octanol–water partition coefficient (Wildman–Crippen LogP) is 4.07. The van der Waals surface area contributed by atoms with Gasteiger partial charge in [-0.15, -0.1) is 0 Å². The Hall–Kier alpha value is -2.50. The smallest absolute Gasteiger partial charge is 0.416 e. The molecule has 0 radical (unpaired) electrons. The van der Waals surface area contributed by atoms with Crippen molar-refractivity contribution in [3.63, 3.8) is 0 Å². The average molecular weight is 310 g/mol. The molecule has 0 aromatic heterocycles. The van der Waals surface area contributed by atoms with Crippen LogP contribution >= 0.6 is 0 Å². The van der Waals surface area contributed by atoms with E-state index in [0.29, 0.717) is 11.3 Å². The molecule has 0 unspecified atom stereocenters. The van der Waals surface area contributed by atoms with Gasteiger partial charge in [0.1, 0.15) is 17.9 Å². The number of halogens is 3. The van der Waals surface area contributed by atoms with Crippen LogP contribution < -0.4 is 4.74 Å². The lowest BCUT2D eigenvalue weighted by molar-refractivity contribution is -0.137. The summed E-state index contributed by atoms with van der Waals surface area (Å²) in [4.78, 5) is 11.6. The summed E-state index contributed by atoms with van der Waals surface area (Å²) in [5.74, 6) is -0.225. The highest BCUT2D eigenvalue weighted by Crippen LogP contribution is 2.29. The fourth-order valence-corrected chi connectivity index (χ4v) is 1.82. The van der Waals surface area contributed by atoms with E-state index >= 15 is 0 Å². The third-order valence-electron chi connectivity index (χ3n) is 2.97. The fourth-order valence-electron chi connectivity index (χ4n) is 1.82. The number of ether oxygens (including phenoxy) is 2. The molecule has 0 spiro atoms. The largest absolute Gasteiger partial charge is 0.488 e. The van der Waals surface area contributed by atoms with Gasteiger partial charge in [-0.25, -0.2) is 4.79 Å². The monoisotopic (exact) mass is 310 g/mol. The Balaban J connectivity index is 2.09. The molecule has 2 aromatic rings. The molecule has 22 heavy (non-hydrogen) atoms. The van der Waals surface area contributed by atoms with Gasteiger partial charge in [0.05, 0.1) is 12.7 Å². The first-order valence-electron chi connectivity index (χ1n) is 6.38. The van der Waals surface area contributed by atoms with Crippen molar-refractivity contribution < 1.29 is 27.4 Å². The molecular formula is C16H13F3O3. The molecule has 0 N–H and O–H groups in total. The van der Waals surface area contributed by atoms with Crippen LogP contribution in [0.1, 0.15) is 21.5 Å². The van der Waals surface area contributed by atoms with Crippen LogP contribution in [0.25, 0.3) is 0 Å². The van der Waals surface area contributed by atoms with Gasteiger partial charge in [0.2, 0.25) is 0 Å². The predicted molar refractivity (Wildman–Crippen MR) is 73.6 cm³/mol. The normalized spacial score (nSPS) is 11.1. The van der Waals surface area contributed by atoms with Crippen molar-refractivity contribution in [3.8, 4) is 5.75 Å². The van der Waals surface area contributed by atoms with E-state index in [0.717, 1.165) is 12.1 Å². The second-order valence-corrected chi connectivity index (χ2v) is 4.47. The summed E-state index contributed by atoms with van der Waals surface area (Å²) in [5, 5.41) is 0. The van der Waals surface area contributed by atoms with E-state index in [9.17, 15) is 18.0 Å². The molecule has 0 saturated heterocycles. The summed E-state index contributed by atoms with van der Waals surface area (Å²) < 4.78 is 47.5. The minimum Gasteiger partial charge on any atom is -0.488 e. The van der Waals surface area contributed by atoms with Crippen LogP contribution in [0.5, 0.6) is 5.75 Å². The summed E-state index contributed by atoms with van der Waals surface area (Å²) in [7, 11) is 1.26. The number of methoxy groups -OCH3 is 1. The van der Waals surface area contributed by atoms with Crippen molar-refractivity contribution in [3.05, 3.63) is 65.2 Å². The Kier molecular flexibility index (Phi) is 4.70. The second kappa shape index (κ2) is 6.51. The maximum absolute atomic E-state index is 12.5. The van der Waals surface area contributed by atoms with Crippen molar-refractivity contribution in [2.75, 3.05) is 7.11 Å². The Labute approximate surface area is 125 Å². The molecule has 0 atom stereocenters. The zero-order valence-electron chi connectivity index (χ0n) is 11.7. The van der Waals surface area contributed by atoms with Gasteiger partial charge >= 0.3 is 12.1 Å². The van der Waals surface area contributed by atoms with Gasteiger partial charge in [0.25, 0.3) is 0 Å². The number of hydrogen-bond donors (Lipinski definition) is 0. The Morgan fingerprint density at radius 2 is 1.68 bits per heavy atom. The maximum atomic E-state index is 12.5. The van der Waals surface area contributed by atoms with Gasteiger partial charge in [-0.1, -0.05) is 24.3 Å². The fraction of sp³-hybridized carbons (Fsp3) is 0.188. The number of hydrogen-bond acceptors (Lipinski definition) is 3. The number of carbonyl (C=O) groups excluding carboxylic acids is 1. The third-order valence-corrected chi connectivity index (χ3v) is 2.97. The minimum absolute atomic E-state index is 0.0478. The van der Waals surface area contributed by atoms with Crippen LogP contribution in [0.2, 0.25) is 0 Å². The number of rotatable bonds is 4. The van der Waals surface area contributed by atoms with Crippen molar-refractivity contribution in [1.82, 2.24) is 0 Å². The molecular weight excluding hydrogens is 297 g/mol. The third kappa shape index (κ3) is 3.78. The van der Waals surface area contributed by atoms with Crippen LogP contribution in [-0.4, -0.2) is 13.1 Å². The van der Waals surface area contributed by atoms with E-state index in [1.807, 2.05) is 0 Å². The van der Waals surface area contributed by atoms with Crippen molar-refractivity contribution in [2.24, 2.45) is 0 Å². The summed E-state index contributed by atoms with van der Waals surface area (Å²) >= 11 is 0. The van der Waals surface area contributed by atoms with Crippen LogP contribution in [0.4, 0.5) is 13.2 Å². The van der Waals surface area contributed by atoms with Crippen molar-refractivity contribution in [1.29, 1.82) is 0 Å². The van der Waals surface area contributed by atoms with E-state index < -0.39 is 17.7 Å². The molecule has 0 saturated carbocycles. The molecule has 0 aliphatic rings. The topological polar surface area (TPSA) is 35.5 Å². The number of alkyl halides is 3. The SMILES string of the molecule is COC(=O)c1ccccc1OCc1ccc(C(F)(F)F)cc1. The second-order valence-electron chi connectivity index (χ2n) is 4.47. The summed E-state index contributed by atoms with van der Waals surface area (Å²) in [5.41, 5.74) is 0.107.